The smallest absolute Gasteiger partial charge is 0.408 e. The van der Waals surface area contributed by atoms with Crippen LogP contribution in [0.5, 0.6) is 0 Å². The Balaban J connectivity index is 1.58. The fraction of sp³-hybridized carbons (Fsp3) is 0.464. The third-order valence-electron chi connectivity index (χ3n) is 6.23. The summed E-state index contributed by atoms with van der Waals surface area (Å²) in [5.74, 6) is 0.144. The fourth-order valence-electron chi connectivity index (χ4n) is 4.34. The van der Waals surface area contributed by atoms with E-state index in [1.165, 1.54) is 11.8 Å². The standard InChI is InChI=1S/C28H34ClN3O5S/c1-28(2,3)37-27(35)31-22-17-38-24-11-8-20(25(33)30-14-19-5-4-12-36-16-19)13-23(24)32(26(22)34)15-18-6-9-21(29)10-7-18/h6-11,13,19,22H,4-5,12,14-17H2,1-3H3,(H,30,33)(H,31,35)/t19?,22-/m0/s1. The molecule has 3 amide bonds. The first kappa shape index (κ1) is 28.3. The summed E-state index contributed by atoms with van der Waals surface area (Å²) in [4.78, 5) is 41.8. The molecule has 2 aromatic carbocycles. The second-order valence-corrected chi connectivity index (χ2v) is 12.0. The van der Waals surface area contributed by atoms with E-state index in [0.717, 1.165) is 29.9 Å². The monoisotopic (exact) mass is 559 g/mol. The van der Waals surface area contributed by atoms with Gasteiger partial charge in [0, 0.05) is 34.4 Å². The Morgan fingerprint density at radius 2 is 1.95 bits per heavy atom. The molecule has 0 aliphatic carbocycles. The number of thioether (sulfide) groups is 1. The summed E-state index contributed by atoms with van der Waals surface area (Å²) < 4.78 is 10.9. The molecule has 0 spiro atoms. The van der Waals surface area contributed by atoms with Crippen LogP contribution >= 0.6 is 23.4 Å². The van der Waals surface area contributed by atoms with Crippen molar-refractivity contribution < 1.29 is 23.9 Å². The molecule has 2 aliphatic heterocycles. The van der Waals surface area contributed by atoms with Crippen molar-refractivity contribution in [3.8, 4) is 0 Å². The molecule has 0 bridgehead atoms. The largest absolute Gasteiger partial charge is 0.444 e. The molecular weight excluding hydrogens is 526 g/mol. The predicted octanol–water partition coefficient (Wildman–Crippen LogP) is 5.03. The lowest BCUT2D eigenvalue weighted by atomic mass is 10.0. The molecule has 2 atom stereocenters. The van der Waals surface area contributed by atoms with Gasteiger partial charge in [-0.2, -0.15) is 0 Å². The summed E-state index contributed by atoms with van der Waals surface area (Å²) in [5.41, 5.74) is 1.26. The Kier molecular flexibility index (Phi) is 9.23. The predicted molar refractivity (Wildman–Crippen MR) is 149 cm³/mol. The van der Waals surface area contributed by atoms with Crippen LogP contribution < -0.4 is 15.5 Å². The Morgan fingerprint density at radius 3 is 2.63 bits per heavy atom. The highest BCUT2D eigenvalue weighted by Gasteiger charge is 2.33. The Morgan fingerprint density at radius 1 is 1.18 bits per heavy atom. The van der Waals surface area contributed by atoms with Crippen molar-refractivity contribution in [3.63, 3.8) is 0 Å². The van der Waals surface area contributed by atoms with Crippen molar-refractivity contribution in [3.05, 3.63) is 58.6 Å². The zero-order valence-electron chi connectivity index (χ0n) is 21.9. The van der Waals surface area contributed by atoms with E-state index in [0.29, 0.717) is 41.1 Å². The lowest BCUT2D eigenvalue weighted by Gasteiger charge is -2.27. The SMILES string of the molecule is CC(C)(C)OC(=O)N[C@H]1CSc2ccc(C(=O)NCC3CCCOC3)cc2N(Cc2ccc(Cl)cc2)C1=O. The van der Waals surface area contributed by atoms with Gasteiger partial charge in [0.2, 0.25) is 0 Å². The number of carbonyl (C=O) groups is 3. The molecule has 38 heavy (non-hydrogen) atoms. The van der Waals surface area contributed by atoms with E-state index < -0.39 is 17.7 Å². The number of rotatable bonds is 6. The normalized spacial score (nSPS) is 19.8. The molecule has 8 nitrogen and oxygen atoms in total. The molecule has 204 valence electrons. The molecule has 1 unspecified atom stereocenters. The number of amides is 3. The third-order valence-corrected chi connectivity index (χ3v) is 7.64. The zero-order chi connectivity index (χ0) is 27.3. The van der Waals surface area contributed by atoms with Crippen LogP contribution in [0.25, 0.3) is 0 Å². The van der Waals surface area contributed by atoms with Crippen LogP contribution in [0.2, 0.25) is 5.02 Å². The molecule has 0 saturated carbocycles. The minimum absolute atomic E-state index is 0.199. The van der Waals surface area contributed by atoms with E-state index in [9.17, 15) is 14.4 Å². The van der Waals surface area contributed by atoms with E-state index in [1.54, 1.807) is 49.9 Å². The number of halogens is 1. The van der Waals surface area contributed by atoms with Crippen LogP contribution in [0, 0.1) is 5.92 Å². The second-order valence-electron chi connectivity index (χ2n) is 10.5. The second kappa shape index (κ2) is 12.4. The van der Waals surface area contributed by atoms with Gasteiger partial charge in [0.1, 0.15) is 11.6 Å². The van der Waals surface area contributed by atoms with Gasteiger partial charge < -0.3 is 25.0 Å². The number of anilines is 1. The maximum Gasteiger partial charge on any atom is 0.408 e. The van der Waals surface area contributed by atoms with Crippen molar-refractivity contribution in [1.29, 1.82) is 0 Å². The maximum absolute atomic E-state index is 13.8. The maximum atomic E-state index is 13.8. The average molecular weight is 560 g/mol. The summed E-state index contributed by atoms with van der Waals surface area (Å²) in [6.07, 6.45) is 1.37. The van der Waals surface area contributed by atoms with Crippen LogP contribution in [-0.4, -0.2) is 55.1 Å². The van der Waals surface area contributed by atoms with Gasteiger partial charge in [0.05, 0.1) is 18.8 Å². The summed E-state index contributed by atoms with van der Waals surface area (Å²) in [6.45, 7) is 7.53. The zero-order valence-corrected chi connectivity index (χ0v) is 23.5. The molecule has 2 N–H and O–H groups in total. The van der Waals surface area contributed by atoms with E-state index >= 15 is 0 Å². The van der Waals surface area contributed by atoms with Crippen LogP contribution in [-0.2, 0) is 20.8 Å². The van der Waals surface area contributed by atoms with Crippen LogP contribution in [0.3, 0.4) is 0 Å². The van der Waals surface area contributed by atoms with Gasteiger partial charge in [-0.1, -0.05) is 23.7 Å². The van der Waals surface area contributed by atoms with Gasteiger partial charge >= 0.3 is 6.09 Å². The van der Waals surface area contributed by atoms with Gasteiger partial charge in [-0.25, -0.2) is 4.79 Å². The number of benzene rings is 2. The Labute approximate surface area is 232 Å². The van der Waals surface area contributed by atoms with E-state index in [-0.39, 0.29) is 18.4 Å². The van der Waals surface area contributed by atoms with Crippen molar-refractivity contribution in [2.75, 3.05) is 30.4 Å². The van der Waals surface area contributed by atoms with Gasteiger partial charge in [-0.15, -0.1) is 11.8 Å². The average Bonchev–Trinajstić information content (AvgIpc) is 3.00. The van der Waals surface area contributed by atoms with Crippen LogP contribution in [0.1, 0.15) is 49.5 Å². The lowest BCUT2D eigenvalue weighted by Crippen LogP contribution is -2.50. The lowest BCUT2D eigenvalue weighted by molar-refractivity contribution is -0.120. The number of nitrogens with zero attached hydrogens (tertiary/aromatic N) is 1. The highest BCUT2D eigenvalue weighted by Crippen LogP contribution is 2.36. The number of hydrogen-bond acceptors (Lipinski definition) is 6. The number of hydrogen-bond donors (Lipinski definition) is 2. The van der Waals surface area contributed by atoms with Gasteiger partial charge in [-0.05, 0) is 75.4 Å². The van der Waals surface area contributed by atoms with E-state index in [4.69, 9.17) is 21.1 Å². The summed E-state index contributed by atoms with van der Waals surface area (Å²) in [7, 11) is 0. The van der Waals surface area contributed by atoms with Gasteiger partial charge in [0.15, 0.2) is 0 Å². The quantitative estimate of drug-likeness (QED) is 0.515. The summed E-state index contributed by atoms with van der Waals surface area (Å²) >= 11 is 7.52. The number of alkyl carbamates (subject to hydrolysis) is 1. The van der Waals surface area contributed by atoms with E-state index in [2.05, 4.69) is 10.6 Å². The number of fused-ring (bicyclic) bond motifs is 1. The van der Waals surface area contributed by atoms with Gasteiger partial charge in [0.25, 0.3) is 11.8 Å². The molecule has 4 rings (SSSR count). The van der Waals surface area contributed by atoms with Crippen LogP contribution in [0.15, 0.2) is 47.4 Å². The highest BCUT2D eigenvalue weighted by molar-refractivity contribution is 7.99. The summed E-state index contributed by atoms with van der Waals surface area (Å²) in [5, 5.41) is 6.34. The molecule has 1 fully saturated rings. The first-order chi connectivity index (χ1) is 18.1. The molecule has 2 aliphatic rings. The van der Waals surface area contributed by atoms with Crippen molar-refractivity contribution >= 4 is 47.0 Å². The molecule has 1 saturated heterocycles. The Hall–Kier alpha value is -2.75. The molecule has 0 radical (unpaired) electrons. The minimum atomic E-state index is -0.807. The molecular formula is C28H34ClN3O5S. The molecule has 2 aromatic rings. The Bertz CT molecular complexity index is 1160. The first-order valence-corrected chi connectivity index (χ1v) is 14.1. The van der Waals surface area contributed by atoms with Crippen molar-refractivity contribution in [2.24, 2.45) is 5.92 Å². The third kappa shape index (κ3) is 7.65. The number of carbonyl (C=O) groups excluding carboxylic acids is 3. The molecule has 2 heterocycles. The molecule has 10 heteroatoms. The topological polar surface area (TPSA) is 97.0 Å². The number of ether oxygens (including phenoxy) is 2. The highest BCUT2D eigenvalue weighted by atomic mass is 35.5. The van der Waals surface area contributed by atoms with Gasteiger partial charge in [-0.3, -0.25) is 9.59 Å². The molecule has 0 aromatic heterocycles. The van der Waals surface area contributed by atoms with E-state index in [1.807, 2.05) is 18.2 Å². The first-order valence-electron chi connectivity index (χ1n) is 12.8. The number of nitrogens with one attached hydrogen (secondary N) is 2. The minimum Gasteiger partial charge on any atom is -0.444 e. The van der Waals surface area contributed by atoms with Crippen LogP contribution in [0.4, 0.5) is 10.5 Å². The fourth-order valence-corrected chi connectivity index (χ4v) is 5.52. The van der Waals surface area contributed by atoms with Crippen molar-refractivity contribution in [1.82, 2.24) is 10.6 Å². The summed E-state index contributed by atoms with van der Waals surface area (Å²) in [6, 6.07) is 11.8. The van der Waals surface area contributed by atoms with Crippen molar-refractivity contribution in [2.45, 2.75) is 56.7 Å².